The van der Waals surface area contributed by atoms with Gasteiger partial charge < -0.3 is 31.0 Å². The molecule has 392 valence electrons. The zero-order valence-corrected chi connectivity index (χ0v) is 48.9. The minimum absolute atomic E-state index is 0.366. The number of aryl methyl sites for hydroxylation is 2. The van der Waals surface area contributed by atoms with E-state index in [1.54, 1.807) is 21.3 Å². The van der Waals surface area contributed by atoms with Gasteiger partial charge in [0.1, 0.15) is 45.9 Å². The molecule has 10 heteroatoms. The number of hydrogen-bond acceptors (Lipinski definition) is 8. The molecule has 0 radical (unpaired) electrons. The topological polar surface area (TPSA) is 97.3 Å². The number of ether oxygens (including phenoxy) is 3. The first-order valence-corrected chi connectivity index (χ1v) is 28.4. The Morgan fingerprint density at radius 2 is 0.697 bits per heavy atom. The van der Waals surface area contributed by atoms with E-state index >= 15 is 0 Å². The average molecular weight is 1050 g/mol. The van der Waals surface area contributed by atoms with Crippen molar-refractivity contribution in [2.24, 2.45) is 0 Å². The van der Waals surface area contributed by atoms with Crippen molar-refractivity contribution in [2.45, 2.75) is 119 Å². The highest BCUT2D eigenvalue weighted by Crippen LogP contribution is 2.60. The quantitative estimate of drug-likeness (QED) is 0.146. The molecule has 8 aromatic carbocycles. The van der Waals surface area contributed by atoms with E-state index in [0.717, 1.165) is 127 Å². The second-order valence-corrected chi connectivity index (χ2v) is 27.0. The van der Waals surface area contributed by atoms with Gasteiger partial charge in [-0.05, 0) is 117 Å². The maximum atomic E-state index is 12.9. The van der Waals surface area contributed by atoms with Gasteiger partial charge in [-0.25, -0.2) is 0 Å². The van der Waals surface area contributed by atoms with Crippen LogP contribution < -0.4 is 14.2 Å². The van der Waals surface area contributed by atoms with E-state index < -0.39 is 26.9 Å². The highest BCUT2D eigenvalue weighted by Gasteiger charge is 2.32. The van der Waals surface area contributed by atoms with Gasteiger partial charge in [-0.1, -0.05) is 144 Å². The summed E-state index contributed by atoms with van der Waals surface area (Å²) >= 11 is 0. The summed E-state index contributed by atoms with van der Waals surface area (Å²) in [5.41, 5.74) is 9.66. The molecular formula is C66H70O8P2. The summed E-state index contributed by atoms with van der Waals surface area (Å²) < 4.78 is 49.1. The van der Waals surface area contributed by atoms with E-state index in [2.05, 4.69) is 188 Å². The van der Waals surface area contributed by atoms with Crippen LogP contribution in [0.25, 0.3) is 87.2 Å². The predicted molar refractivity (Wildman–Crippen MR) is 319 cm³/mol. The molecule has 0 spiro atoms. The molecular weight excluding hydrogens is 983 g/mol. The van der Waals surface area contributed by atoms with E-state index in [4.69, 9.17) is 31.0 Å². The maximum Gasteiger partial charge on any atom is 0.253 e. The smallest absolute Gasteiger partial charge is 0.253 e. The lowest BCUT2D eigenvalue weighted by Crippen LogP contribution is -2.12. The van der Waals surface area contributed by atoms with Gasteiger partial charge in [0.05, 0.1) is 31.9 Å². The van der Waals surface area contributed by atoms with Gasteiger partial charge in [0.2, 0.25) is 0 Å². The van der Waals surface area contributed by atoms with Gasteiger partial charge in [-0.3, -0.25) is 4.79 Å². The van der Waals surface area contributed by atoms with Crippen molar-refractivity contribution < 1.29 is 35.8 Å². The Bertz CT molecular complexity index is 4010. The average Bonchev–Trinajstić information content (AvgIpc) is 3.68. The van der Waals surface area contributed by atoms with E-state index in [-0.39, 0.29) is 10.8 Å². The summed E-state index contributed by atoms with van der Waals surface area (Å²) in [5.74, 6) is 2.13. The summed E-state index contributed by atoms with van der Waals surface area (Å²) in [6.45, 7) is 30.7. The second kappa shape index (κ2) is 19.0. The predicted octanol–water partition coefficient (Wildman–Crippen LogP) is 20.5. The Labute approximate surface area is 448 Å². The Hall–Kier alpha value is -6.85. The van der Waals surface area contributed by atoms with E-state index in [9.17, 15) is 4.79 Å². The minimum atomic E-state index is -2.03. The Morgan fingerprint density at radius 3 is 1.00 bits per heavy atom. The molecule has 1 unspecified atom stereocenters. The SMILES string of the molecule is COc1cc(C(C)(C)C)c2op(-c3c(C)cc4ccccc4c3-c3c(-p4oc5c(C(C)(C)C)cc(OC)cc5c5cc(OC)cc(C(C)(C)C)c5o4)c(C)cc4ccccc34)oc3c(C(C)(C)C)cc(C=O)cc3c2c1. The summed E-state index contributed by atoms with van der Waals surface area (Å²) in [6, 6.07) is 38.1. The largest absolute Gasteiger partial charge is 0.497 e. The molecule has 0 fully saturated rings. The molecule has 10 aromatic rings. The number of carbonyl (C=O) groups excluding carboxylic acids is 1. The van der Waals surface area contributed by atoms with Crippen LogP contribution in [0.1, 0.15) is 127 Å². The van der Waals surface area contributed by atoms with E-state index in [1.165, 1.54) is 0 Å². The number of carbonyl (C=O) groups is 1. The number of rotatable bonds is 7. The Kier molecular flexibility index (Phi) is 13.2. The number of aldehydes is 1. The first-order chi connectivity index (χ1) is 35.8. The van der Waals surface area contributed by atoms with Crippen LogP contribution in [0, 0.1) is 13.8 Å². The molecule has 0 saturated carbocycles. The van der Waals surface area contributed by atoms with Gasteiger partial charge in [0, 0.05) is 60.5 Å². The maximum absolute atomic E-state index is 12.9. The molecule has 1 atom stereocenters. The fourth-order valence-corrected chi connectivity index (χ4v) is 14.2. The van der Waals surface area contributed by atoms with Crippen molar-refractivity contribution >= 4 is 87.7 Å². The van der Waals surface area contributed by atoms with Crippen molar-refractivity contribution in [2.75, 3.05) is 21.3 Å². The van der Waals surface area contributed by atoms with Gasteiger partial charge in [-0.15, -0.1) is 0 Å². The molecule has 0 aliphatic rings. The minimum Gasteiger partial charge on any atom is -0.497 e. The Morgan fingerprint density at radius 1 is 0.395 bits per heavy atom. The van der Waals surface area contributed by atoms with Crippen molar-refractivity contribution in [1.82, 2.24) is 0 Å². The number of methoxy groups -OCH3 is 3. The molecule has 2 aromatic heterocycles. The van der Waals surface area contributed by atoms with Gasteiger partial charge in [0.25, 0.3) is 16.0 Å². The van der Waals surface area contributed by atoms with Crippen molar-refractivity contribution in [3.8, 4) is 39.0 Å². The zero-order chi connectivity index (χ0) is 54.6. The second-order valence-electron chi connectivity index (χ2n) is 24.4. The molecule has 76 heavy (non-hydrogen) atoms. The third kappa shape index (κ3) is 9.16. The monoisotopic (exact) mass is 1050 g/mol. The Balaban J connectivity index is 1.49. The third-order valence-corrected chi connectivity index (χ3v) is 18.0. The van der Waals surface area contributed by atoms with Crippen molar-refractivity contribution in [3.05, 3.63) is 148 Å². The molecule has 8 nitrogen and oxygen atoms in total. The van der Waals surface area contributed by atoms with Gasteiger partial charge >= 0.3 is 0 Å². The molecule has 0 aliphatic carbocycles. The number of benzene rings is 8. The molecule has 0 N–H and O–H groups in total. The van der Waals surface area contributed by atoms with E-state index in [1.807, 2.05) is 18.2 Å². The normalized spacial score (nSPS) is 12.8. The molecule has 0 bridgehead atoms. The van der Waals surface area contributed by atoms with Crippen LogP contribution in [0.5, 0.6) is 17.2 Å². The zero-order valence-electron chi connectivity index (χ0n) is 47.1. The highest BCUT2D eigenvalue weighted by atomic mass is 31.1. The number of hydrogen-bond donors (Lipinski definition) is 0. The summed E-state index contributed by atoms with van der Waals surface area (Å²) in [6.07, 6.45) is 0.919. The van der Waals surface area contributed by atoms with Crippen LogP contribution in [-0.4, -0.2) is 27.6 Å². The van der Waals surface area contributed by atoms with Crippen LogP contribution in [0.15, 0.2) is 126 Å². The molecule has 2 heterocycles. The fourth-order valence-electron chi connectivity index (χ4n) is 10.8. The lowest BCUT2D eigenvalue weighted by Gasteiger charge is -2.22. The van der Waals surface area contributed by atoms with Gasteiger partial charge in [-0.2, -0.15) is 0 Å². The van der Waals surface area contributed by atoms with Crippen LogP contribution in [0.3, 0.4) is 0 Å². The standard InChI is InChI=1S/C66H70O8P2/c1-37-26-40-22-18-20-24-45(40)55(61(37)75-71-57-47(28-39(36-67)29-51(57)63(3,4)5)48-30-42(68-15)33-52(58(48)72-75)64(6,7)8)56-46-25-21-19-23-41(46)27-38(2)62(56)76-73-59-49(31-43(69-16)34-53(59)65(9,10)11)50-32-44(70-17)35-54(60(50)74-76)66(12,13)14/h18-36H,1-17H3. The first kappa shape index (κ1) is 52.6. The van der Waals surface area contributed by atoms with Crippen LogP contribution in [-0.2, 0) is 21.7 Å². The molecule has 0 amide bonds. The highest BCUT2D eigenvalue weighted by molar-refractivity contribution is 7.47. The fraction of sp³-hybridized carbons (Fsp3) is 0.318. The molecule has 0 aliphatic heterocycles. The van der Waals surface area contributed by atoms with Gasteiger partial charge in [0.15, 0.2) is 0 Å². The summed E-state index contributed by atoms with van der Waals surface area (Å²) in [4.78, 5) is 12.9. The van der Waals surface area contributed by atoms with Crippen LogP contribution in [0.4, 0.5) is 0 Å². The lowest BCUT2D eigenvalue weighted by molar-refractivity contribution is 0.112. The van der Waals surface area contributed by atoms with Crippen molar-refractivity contribution in [1.29, 1.82) is 0 Å². The first-order valence-electron chi connectivity index (χ1n) is 26.0. The van der Waals surface area contributed by atoms with Crippen molar-refractivity contribution in [3.63, 3.8) is 0 Å². The van der Waals surface area contributed by atoms with E-state index in [0.29, 0.717) is 22.5 Å². The number of fused-ring (bicyclic) bond motifs is 8. The molecule has 0 saturated heterocycles. The van der Waals surface area contributed by atoms with Crippen LogP contribution >= 0.6 is 16.0 Å². The lowest BCUT2D eigenvalue weighted by atomic mass is 9.83. The molecule has 10 rings (SSSR count). The summed E-state index contributed by atoms with van der Waals surface area (Å²) in [5, 5.41) is 9.39. The van der Waals surface area contributed by atoms with Crippen LogP contribution in [0.2, 0.25) is 0 Å². The third-order valence-electron chi connectivity index (χ3n) is 14.7. The summed E-state index contributed by atoms with van der Waals surface area (Å²) in [7, 11) is 1.09.